The van der Waals surface area contributed by atoms with Gasteiger partial charge in [0.05, 0.1) is 0 Å². The van der Waals surface area contributed by atoms with Gasteiger partial charge in [-0.3, -0.25) is 0 Å². The quantitative estimate of drug-likeness (QED) is 0.604. The SMILES string of the molecule is C=C(CC)CCC(/C=C\N)CC. The van der Waals surface area contributed by atoms with Crippen LogP contribution < -0.4 is 5.73 Å². The molecule has 0 aromatic heterocycles. The van der Waals surface area contributed by atoms with Crippen molar-refractivity contribution in [2.75, 3.05) is 0 Å². The summed E-state index contributed by atoms with van der Waals surface area (Å²) in [6.45, 7) is 8.33. The van der Waals surface area contributed by atoms with Gasteiger partial charge in [-0.15, -0.1) is 0 Å². The second-order valence-electron chi connectivity index (χ2n) is 3.20. The Morgan fingerprint density at radius 3 is 2.58 bits per heavy atom. The molecular formula is C11H21N. The van der Waals surface area contributed by atoms with E-state index in [4.69, 9.17) is 5.73 Å². The second kappa shape index (κ2) is 6.96. The first kappa shape index (κ1) is 11.3. The van der Waals surface area contributed by atoms with Gasteiger partial charge in [0, 0.05) is 0 Å². The lowest BCUT2D eigenvalue weighted by Crippen LogP contribution is -1.96. The van der Waals surface area contributed by atoms with Crippen LogP contribution in [0.5, 0.6) is 0 Å². The molecule has 0 radical (unpaired) electrons. The Bertz CT molecular complexity index is 147. The predicted molar refractivity (Wildman–Crippen MR) is 55.8 cm³/mol. The Morgan fingerprint density at radius 1 is 1.50 bits per heavy atom. The normalized spacial score (nSPS) is 13.5. The third-order valence-electron chi connectivity index (χ3n) is 2.28. The zero-order chi connectivity index (χ0) is 9.40. The van der Waals surface area contributed by atoms with E-state index in [1.165, 1.54) is 18.4 Å². The van der Waals surface area contributed by atoms with E-state index in [9.17, 15) is 0 Å². The summed E-state index contributed by atoms with van der Waals surface area (Å²) < 4.78 is 0. The lowest BCUT2D eigenvalue weighted by atomic mass is 9.97. The average molecular weight is 167 g/mol. The Kier molecular flexibility index (Phi) is 6.54. The molecule has 12 heavy (non-hydrogen) atoms. The molecule has 0 spiro atoms. The summed E-state index contributed by atoms with van der Waals surface area (Å²) in [5, 5.41) is 0. The lowest BCUT2D eigenvalue weighted by Gasteiger charge is -2.09. The van der Waals surface area contributed by atoms with Crippen molar-refractivity contribution in [3.05, 3.63) is 24.4 Å². The molecule has 0 amide bonds. The summed E-state index contributed by atoms with van der Waals surface area (Å²) in [5.41, 5.74) is 6.69. The van der Waals surface area contributed by atoms with Gasteiger partial charge in [0.2, 0.25) is 0 Å². The molecule has 0 fully saturated rings. The molecule has 2 N–H and O–H groups in total. The van der Waals surface area contributed by atoms with Crippen LogP contribution in [0, 0.1) is 5.92 Å². The first-order valence-corrected chi connectivity index (χ1v) is 4.79. The first-order chi connectivity index (χ1) is 5.74. The Hall–Kier alpha value is -0.720. The van der Waals surface area contributed by atoms with E-state index in [0.717, 1.165) is 12.8 Å². The van der Waals surface area contributed by atoms with Crippen LogP contribution >= 0.6 is 0 Å². The van der Waals surface area contributed by atoms with Gasteiger partial charge in [-0.1, -0.05) is 32.1 Å². The molecule has 0 saturated heterocycles. The van der Waals surface area contributed by atoms with Crippen molar-refractivity contribution in [1.29, 1.82) is 0 Å². The maximum absolute atomic E-state index is 5.34. The molecule has 1 heteroatoms. The molecule has 1 unspecified atom stereocenters. The van der Waals surface area contributed by atoms with Gasteiger partial charge in [-0.2, -0.15) is 0 Å². The molecule has 0 aliphatic rings. The molecule has 70 valence electrons. The van der Waals surface area contributed by atoms with Gasteiger partial charge in [-0.25, -0.2) is 0 Å². The van der Waals surface area contributed by atoms with Crippen molar-refractivity contribution in [3.8, 4) is 0 Å². The Morgan fingerprint density at radius 2 is 2.17 bits per heavy atom. The van der Waals surface area contributed by atoms with Crippen molar-refractivity contribution in [2.24, 2.45) is 11.7 Å². The fourth-order valence-corrected chi connectivity index (χ4v) is 1.16. The number of allylic oxidation sites excluding steroid dienone is 2. The first-order valence-electron chi connectivity index (χ1n) is 4.79. The summed E-state index contributed by atoms with van der Waals surface area (Å²) in [4.78, 5) is 0. The third-order valence-corrected chi connectivity index (χ3v) is 2.28. The molecule has 1 atom stereocenters. The molecule has 0 aliphatic heterocycles. The fourth-order valence-electron chi connectivity index (χ4n) is 1.16. The summed E-state index contributed by atoms with van der Waals surface area (Å²) in [7, 11) is 0. The Balaban J connectivity index is 3.64. The largest absolute Gasteiger partial charge is 0.405 e. The van der Waals surface area contributed by atoms with Crippen molar-refractivity contribution in [3.63, 3.8) is 0 Å². The third kappa shape index (κ3) is 5.00. The second-order valence-corrected chi connectivity index (χ2v) is 3.20. The van der Waals surface area contributed by atoms with Gasteiger partial charge in [-0.05, 0) is 37.8 Å². The van der Waals surface area contributed by atoms with Crippen LogP contribution in [0.15, 0.2) is 24.4 Å². The molecule has 0 rings (SSSR count). The standard InChI is InChI=1S/C11H21N/c1-4-10(3)6-7-11(5-2)8-9-12/h8-9,11H,3-7,12H2,1-2H3/b9-8-. The number of nitrogens with two attached hydrogens (primary N) is 1. The highest BCUT2D eigenvalue weighted by Crippen LogP contribution is 2.16. The van der Waals surface area contributed by atoms with Crippen LogP contribution in [0.4, 0.5) is 0 Å². The van der Waals surface area contributed by atoms with Crippen molar-refractivity contribution in [2.45, 2.75) is 39.5 Å². The summed E-state index contributed by atoms with van der Waals surface area (Å²) in [5.74, 6) is 0.637. The molecule has 0 saturated carbocycles. The zero-order valence-corrected chi connectivity index (χ0v) is 8.34. The highest BCUT2D eigenvalue weighted by atomic mass is 14.5. The van der Waals surface area contributed by atoms with E-state index in [1.54, 1.807) is 6.20 Å². The van der Waals surface area contributed by atoms with E-state index in [-0.39, 0.29) is 0 Å². The smallest absolute Gasteiger partial charge is 0.0100 e. The van der Waals surface area contributed by atoms with Gasteiger partial charge in [0.1, 0.15) is 0 Å². The van der Waals surface area contributed by atoms with Crippen LogP contribution in [-0.4, -0.2) is 0 Å². The minimum atomic E-state index is 0.637. The van der Waals surface area contributed by atoms with Crippen LogP contribution in [0.25, 0.3) is 0 Å². The monoisotopic (exact) mass is 167 g/mol. The van der Waals surface area contributed by atoms with Crippen molar-refractivity contribution < 1.29 is 0 Å². The maximum atomic E-state index is 5.34. The van der Waals surface area contributed by atoms with Crippen LogP contribution in [-0.2, 0) is 0 Å². The van der Waals surface area contributed by atoms with E-state index >= 15 is 0 Å². The number of hydrogen-bond donors (Lipinski definition) is 1. The topological polar surface area (TPSA) is 26.0 Å². The molecule has 0 aliphatic carbocycles. The lowest BCUT2D eigenvalue weighted by molar-refractivity contribution is 0.566. The highest BCUT2D eigenvalue weighted by molar-refractivity contribution is 4.94. The zero-order valence-electron chi connectivity index (χ0n) is 8.34. The van der Waals surface area contributed by atoms with E-state index in [1.807, 2.05) is 0 Å². The minimum Gasteiger partial charge on any atom is -0.405 e. The molecule has 0 aromatic rings. The molecule has 0 aromatic carbocycles. The summed E-state index contributed by atoms with van der Waals surface area (Å²) in [6, 6.07) is 0. The van der Waals surface area contributed by atoms with Gasteiger partial charge >= 0.3 is 0 Å². The number of rotatable bonds is 6. The molecule has 0 heterocycles. The predicted octanol–water partition coefficient (Wildman–Crippen LogP) is 3.23. The van der Waals surface area contributed by atoms with Crippen LogP contribution in [0.3, 0.4) is 0 Å². The average Bonchev–Trinajstić information content (AvgIpc) is 2.11. The minimum absolute atomic E-state index is 0.637. The summed E-state index contributed by atoms with van der Waals surface area (Å²) >= 11 is 0. The van der Waals surface area contributed by atoms with Crippen molar-refractivity contribution in [1.82, 2.24) is 0 Å². The maximum Gasteiger partial charge on any atom is -0.0100 e. The Labute approximate surface area is 76.3 Å². The van der Waals surface area contributed by atoms with Crippen LogP contribution in [0.2, 0.25) is 0 Å². The highest BCUT2D eigenvalue weighted by Gasteiger charge is 2.01. The van der Waals surface area contributed by atoms with E-state index in [2.05, 4.69) is 26.5 Å². The van der Waals surface area contributed by atoms with Gasteiger partial charge in [0.25, 0.3) is 0 Å². The molecule has 0 bridgehead atoms. The van der Waals surface area contributed by atoms with Gasteiger partial charge < -0.3 is 5.73 Å². The fraction of sp³-hybridized carbons (Fsp3) is 0.636. The van der Waals surface area contributed by atoms with E-state index in [0.29, 0.717) is 5.92 Å². The molecular weight excluding hydrogens is 146 g/mol. The van der Waals surface area contributed by atoms with Crippen LogP contribution in [0.1, 0.15) is 39.5 Å². The summed E-state index contributed by atoms with van der Waals surface area (Å²) in [6.07, 6.45) is 8.34. The van der Waals surface area contributed by atoms with Gasteiger partial charge in [0.15, 0.2) is 0 Å². The molecule has 1 nitrogen and oxygen atoms in total. The van der Waals surface area contributed by atoms with Crippen molar-refractivity contribution >= 4 is 0 Å². The number of hydrogen-bond acceptors (Lipinski definition) is 1. The van der Waals surface area contributed by atoms with E-state index < -0.39 is 0 Å².